The smallest absolute Gasteiger partial charge is 0.192 e. The van der Waals surface area contributed by atoms with Gasteiger partial charge in [0.15, 0.2) is 8.32 Å². The van der Waals surface area contributed by atoms with Gasteiger partial charge in [-0.2, -0.15) is 0 Å². The van der Waals surface area contributed by atoms with Gasteiger partial charge < -0.3 is 4.43 Å². The molecule has 5 aliphatic carbocycles. The second-order valence-electron chi connectivity index (χ2n) is 12.7. The summed E-state index contributed by atoms with van der Waals surface area (Å²) in [5, 5.41) is 0.274. The Balaban J connectivity index is 1.45. The molecular weight excluding hydrogens is 440 g/mol. The Morgan fingerprint density at radius 1 is 1.14 bits per heavy atom. The first kappa shape index (κ1) is 20.9. The molecule has 4 fully saturated rings. The van der Waals surface area contributed by atoms with Crippen LogP contribution < -0.4 is 0 Å². The van der Waals surface area contributed by atoms with Gasteiger partial charge in [-0.1, -0.05) is 55.3 Å². The predicted octanol–water partition coefficient (Wildman–Crippen LogP) is 7.04. The van der Waals surface area contributed by atoms with Crippen LogP contribution in [0.4, 0.5) is 0 Å². The van der Waals surface area contributed by atoms with Gasteiger partial charge in [0.05, 0.1) is 6.10 Å². The minimum atomic E-state index is -1.75. The van der Waals surface area contributed by atoms with Gasteiger partial charge >= 0.3 is 0 Å². The van der Waals surface area contributed by atoms with Gasteiger partial charge in [0.2, 0.25) is 0 Å². The molecule has 0 bridgehead atoms. The maximum atomic E-state index is 12.2. The molecule has 0 radical (unpaired) electrons. The number of carbonyl (C=O) groups is 1. The van der Waals surface area contributed by atoms with E-state index < -0.39 is 8.32 Å². The Hall–Kier alpha value is 0.0669. The molecule has 0 aromatic heterocycles. The lowest BCUT2D eigenvalue weighted by Crippen LogP contribution is -2.52. The molecule has 4 heteroatoms. The Bertz CT molecular complexity index is 782. The molecular formula is C25H39BrO2Si. The number of allylic oxidation sites excluding steroid dienone is 2. The number of hydrogen-bond donors (Lipinski definition) is 0. The van der Waals surface area contributed by atoms with E-state index in [2.05, 4.69) is 62.8 Å². The van der Waals surface area contributed by atoms with Crippen LogP contribution in [0.1, 0.15) is 79.1 Å². The minimum Gasteiger partial charge on any atom is -0.413 e. The third-order valence-corrected chi connectivity index (χ3v) is 16.9. The molecule has 0 unspecified atom stereocenters. The van der Waals surface area contributed by atoms with E-state index in [-0.39, 0.29) is 5.04 Å². The largest absolute Gasteiger partial charge is 0.413 e. The topological polar surface area (TPSA) is 26.3 Å². The molecule has 0 heterocycles. The first-order chi connectivity index (χ1) is 13.4. The van der Waals surface area contributed by atoms with Gasteiger partial charge in [-0.05, 0) is 79.3 Å². The number of fused-ring (bicyclic) bond motifs is 2. The zero-order chi connectivity index (χ0) is 21.0. The fourth-order valence-corrected chi connectivity index (χ4v) is 11.3. The van der Waals surface area contributed by atoms with Crippen molar-refractivity contribution in [1.82, 2.24) is 0 Å². The summed E-state index contributed by atoms with van der Waals surface area (Å²) in [7, 11) is -1.75. The number of alkyl halides is 1. The standard InChI is InChI=1S/C25H39BrO2Si/c1-22(2,3)29(5,6)28-20-10-9-18-19-8-7-16-15-17(27)11-12-24(16)21(26)25(19,24)14-13-23(18,20)4/h7,18-21H,8-15H2,1-6H3/t18-,19-,20-,21+,23-,24+,25-/m0/s1. The van der Waals surface area contributed by atoms with Crippen LogP contribution in [0, 0.1) is 28.1 Å². The summed E-state index contributed by atoms with van der Waals surface area (Å²) in [5.41, 5.74) is 2.57. The maximum Gasteiger partial charge on any atom is 0.192 e. The molecule has 7 atom stereocenters. The number of Topliss-reactive ketones (excluding diaryl/α,β-unsaturated/α-hetero) is 1. The molecule has 5 rings (SSSR count). The van der Waals surface area contributed by atoms with Gasteiger partial charge in [-0.25, -0.2) is 0 Å². The third kappa shape index (κ3) is 2.46. The quantitative estimate of drug-likeness (QED) is 0.241. The lowest BCUT2D eigenvalue weighted by molar-refractivity contribution is -0.120. The molecule has 162 valence electrons. The highest BCUT2D eigenvalue weighted by Gasteiger charge is 2.82. The van der Waals surface area contributed by atoms with Crippen LogP contribution in [0.25, 0.3) is 0 Å². The molecule has 0 N–H and O–H groups in total. The number of carbonyl (C=O) groups excluding carboxylic acids is 1. The van der Waals surface area contributed by atoms with Crippen molar-refractivity contribution in [3.05, 3.63) is 11.6 Å². The fraction of sp³-hybridized carbons (Fsp3) is 0.880. The highest BCUT2D eigenvalue weighted by Crippen LogP contribution is 2.85. The monoisotopic (exact) mass is 478 g/mol. The Labute approximate surface area is 186 Å². The zero-order valence-electron chi connectivity index (χ0n) is 19.2. The average Bonchev–Trinajstić information content (AvgIpc) is 2.98. The van der Waals surface area contributed by atoms with Gasteiger partial charge in [-0.3, -0.25) is 4.79 Å². The van der Waals surface area contributed by atoms with E-state index in [4.69, 9.17) is 4.43 Å². The predicted molar refractivity (Wildman–Crippen MR) is 125 cm³/mol. The lowest BCUT2D eigenvalue weighted by atomic mass is 9.52. The van der Waals surface area contributed by atoms with Gasteiger partial charge in [0, 0.05) is 23.1 Å². The summed E-state index contributed by atoms with van der Waals surface area (Å²) in [4.78, 5) is 12.8. The first-order valence-corrected chi connectivity index (χ1v) is 15.8. The normalized spacial score (nSPS) is 48.9. The summed E-state index contributed by atoms with van der Waals surface area (Å²) in [5.74, 6) is 2.02. The van der Waals surface area contributed by atoms with E-state index in [9.17, 15) is 4.79 Å². The van der Waals surface area contributed by atoms with E-state index in [1.54, 1.807) is 0 Å². The van der Waals surface area contributed by atoms with E-state index in [0.29, 0.717) is 33.0 Å². The molecule has 2 spiro atoms. The van der Waals surface area contributed by atoms with Gasteiger partial charge in [0.25, 0.3) is 0 Å². The van der Waals surface area contributed by atoms with Gasteiger partial charge in [-0.15, -0.1) is 0 Å². The summed E-state index contributed by atoms with van der Waals surface area (Å²) in [6.07, 6.45) is 12.0. The van der Waals surface area contributed by atoms with Crippen LogP contribution in [0.5, 0.6) is 0 Å². The number of halogens is 1. The molecule has 0 saturated heterocycles. The highest BCUT2D eigenvalue weighted by atomic mass is 79.9. The van der Waals surface area contributed by atoms with Crippen molar-refractivity contribution in [3.63, 3.8) is 0 Å². The van der Waals surface area contributed by atoms with Crippen LogP contribution in [0.3, 0.4) is 0 Å². The van der Waals surface area contributed by atoms with Crippen LogP contribution in [0.2, 0.25) is 18.1 Å². The minimum absolute atomic E-state index is 0.274. The average molecular weight is 480 g/mol. The number of ketones is 1. The van der Waals surface area contributed by atoms with Crippen molar-refractivity contribution in [3.8, 4) is 0 Å². The second-order valence-corrected chi connectivity index (χ2v) is 18.4. The summed E-state index contributed by atoms with van der Waals surface area (Å²) < 4.78 is 7.07. The maximum absolute atomic E-state index is 12.2. The molecule has 5 aliphatic rings. The number of rotatable bonds is 2. The van der Waals surface area contributed by atoms with Crippen molar-refractivity contribution in [2.45, 2.75) is 108 Å². The van der Waals surface area contributed by atoms with E-state index in [1.165, 1.54) is 37.7 Å². The molecule has 0 aromatic carbocycles. The van der Waals surface area contributed by atoms with Crippen LogP contribution in [0.15, 0.2) is 11.6 Å². The van der Waals surface area contributed by atoms with Crippen molar-refractivity contribution < 1.29 is 9.22 Å². The Morgan fingerprint density at radius 3 is 2.55 bits per heavy atom. The highest BCUT2D eigenvalue weighted by molar-refractivity contribution is 9.09. The second kappa shape index (κ2) is 6.10. The molecule has 0 aliphatic heterocycles. The number of hydrogen-bond acceptors (Lipinski definition) is 2. The van der Waals surface area contributed by atoms with E-state index in [0.717, 1.165) is 31.1 Å². The van der Waals surface area contributed by atoms with Crippen LogP contribution in [-0.4, -0.2) is 25.0 Å². The summed E-state index contributed by atoms with van der Waals surface area (Å²) in [6.45, 7) is 14.5. The van der Waals surface area contributed by atoms with Crippen molar-refractivity contribution in [2.75, 3.05) is 0 Å². The van der Waals surface area contributed by atoms with Crippen LogP contribution >= 0.6 is 15.9 Å². The third-order valence-electron chi connectivity index (χ3n) is 10.8. The first-order valence-electron chi connectivity index (χ1n) is 11.9. The van der Waals surface area contributed by atoms with Crippen molar-refractivity contribution >= 4 is 30.0 Å². The Morgan fingerprint density at radius 2 is 1.86 bits per heavy atom. The fourth-order valence-electron chi connectivity index (χ4n) is 8.10. The summed E-state index contributed by atoms with van der Waals surface area (Å²) in [6, 6.07) is 0. The molecule has 0 aromatic rings. The Kier molecular flexibility index (Phi) is 4.40. The zero-order valence-corrected chi connectivity index (χ0v) is 21.8. The lowest BCUT2D eigenvalue weighted by Gasteiger charge is -2.54. The van der Waals surface area contributed by atoms with Crippen LogP contribution in [-0.2, 0) is 9.22 Å². The van der Waals surface area contributed by atoms with Crippen molar-refractivity contribution in [1.29, 1.82) is 0 Å². The van der Waals surface area contributed by atoms with E-state index >= 15 is 0 Å². The molecule has 4 saturated carbocycles. The molecule has 0 amide bonds. The molecule has 29 heavy (non-hydrogen) atoms. The summed E-state index contributed by atoms with van der Waals surface area (Å²) >= 11 is 4.19. The van der Waals surface area contributed by atoms with Gasteiger partial charge in [0.1, 0.15) is 5.78 Å². The van der Waals surface area contributed by atoms with Crippen molar-refractivity contribution in [2.24, 2.45) is 28.1 Å². The van der Waals surface area contributed by atoms with E-state index in [1.807, 2.05) is 0 Å². The molecule has 2 nitrogen and oxygen atoms in total. The SMILES string of the molecule is CC(C)(C)[Si](C)(C)O[C@H]1CC[C@H]2[C@@H]3CC=C4CC(=O)CC[C@]45[C@@H](Br)[C@]35CC[C@]12C.